The van der Waals surface area contributed by atoms with Crippen LogP contribution in [0.2, 0.25) is 0 Å². The molecule has 29 heavy (non-hydrogen) atoms. The van der Waals surface area contributed by atoms with E-state index in [0.29, 0.717) is 17.2 Å². The number of hydrogen-bond donors (Lipinski definition) is 0. The first kappa shape index (κ1) is 19.5. The van der Waals surface area contributed by atoms with Gasteiger partial charge < -0.3 is 9.47 Å². The number of methoxy groups -OCH3 is 2. The zero-order valence-corrected chi connectivity index (χ0v) is 16.9. The molecule has 0 spiro atoms. The van der Waals surface area contributed by atoms with E-state index in [0.717, 1.165) is 35.4 Å². The van der Waals surface area contributed by atoms with Gasteiger partial charge in [0.15, 0.2) is 11.5 Å². The van der Waals surface area contributed by atoms with Crippen LogP contribution in [0.25, 0.3) is 0 Å². The second-order valence-electron chi connectivity index (χ2n) is 7.35. The molecule has 2 atom stereocenters. The van der Waals surface area contributed by atoms with Crippen molar-refractivity contribution in [3.63, 3.8) is 0 Å². The minimum absolute atomic E-state index is 0.266. The van der Waals surface area contributed by atoms with E-state index in [4.69, 9.17) is 14.5 Å². The average molecular weight is 395 g/mol. The van der Waals surface area contributed by atoms with Crippen LogP contribution >= 0.6 is 0 Å². The molecule has 0 N–H and O–H groups in total. The van der Waals surface area contributed by atoms with Gasteiger partial charge in [0.05, 0.1) is 38.6 Å². The highest BCUT2D eigenvalue weighted by molar-refractivity contribution is 6.15. The summed E-state index contributed by atoms with van der Waals surface area (Å²) in [6.07, 6.45) is 4.63. The summed E-state index contributed by atoms with van der Waals surface area (Å²) in [7, 11) is 4.62. The Kier molecular flexibility index (Phi) is 5.53. The zero-order chi connectivity index (χ0) is 20.4. The molecule has 1 aliphatic carbocycles. The molecule has 4 rings (SSSR count). The van der Waals surface area contributed by atoms with Crippen LogP contribution < -0.4 is 9.47 Å². The highest BCUT2D eigenvalue weighted by Crippen LogP contribution is 2.44. The van der Waals surface area contributed by atoms with E-state index in [1.54, 1.807) is 26.4 Å². The number of rotatable bonds is 5. The standard InChI is InChI=1S/C23H25NO5/c1-26-20-12-17-16-6-4-5-7-19(16)24-22(18(17)13-21(20)27-2)14-8-10-15(11-9-14)23(25)29-28-3/h8-13,16,19H,4-7H2,1-3H3/t16-,19-/m0/s1. The summed E-state index contributed by atoms with van der Waals surface area (Å²) in [5.41, 5.74) is 4.64. The predicted octanol–water partition coefficient (Wildman–Crippen LogP) is 4.30. The van der Waals surface area contributed by atoms with Gasteiger partial charge in [-0.1, -0.05) is 25.0 Å². The van der Waals surface area contributed by atoms with E-state index >= 15 is 0 Å². The molecule has 6 nitrogen and oxygen atoms in total. The van der Waals surface area contributed by atoms with Crippen LogP contribution in [0.5, 0.6) is 11.5 Å². The summed E-state index contributed by atoms with van der Waals surface area (Å²) in [6.45, 7) is 0. The zero-order valence-electron chi connectivity index (χ0n) is 16.9. The first-order valence-electron chi connectivity index (χ1n) is 9.85. The van der Waals surface area contributed by atoms with Crippen molar-refractivity contribution in [2.75, 3.05) is 21.3 Å². The molecular formula is C23H25NO5. The molecule has 1 saturated carbocycles. The van der Waals surface area contributed by atoms with Crippen molar-refractivity contribution in [2.45, 2.75) is 37.6 Å². The number of hydrogen-bond acceptors (Lipinski definition) is 6. The highest BCUT2D eigenvalue weighted by atomic mass is 17.2. The Morgan fingerprint density at radius 1 is 0.966 bits per heavy atom. The molecule has 0 saturated heterocycles. The van der Waals surface area contributed by atoms with Crippen molar-refractivity contribution in [3.8, 4) is 11.5 Å². The van der Waals surface area contributed by atoms with Crippen molar-refractivity contribution < 1.29 is 24.0 Å². The second-order valence-corrected chi connectivity index (χ2v) is 7.35. The Morgan fingerprint density at radius 2 is 1.66 bits per heavy atom. The molecule has 0 amide bonds. The summed E-state index contributed by atoms with van der Waals surface area (Å²) in [5, 5.41) is 0. The van der Waals surface area contributed by atoms with Gasteiger partial charge in [-0.15, -0.1) is 0 Å². The lowest BCUT2D eigenvalue weighted by Gasteiger charge is -2.35. The Hall–Kier alpha value is -2.86. The molecular weight excluding hydrogens is 370 g/mol. The number of aliphatic imine (C=N–C) groups is 1. The normalized spacial score (nSPS) is 20.2. The maximum atomic E-state index is 11.9. The van der Waals surface area contributed by atoms with Crippen molar-refractivity contribution in [1.29, 1.82) is 0 Å². The van der Waals surface area contributed by atoms with Crippen molar-refractivity contribution in [2.24, 2.45) is 4.99 Å². The molecule has 0 radical (unpaired) electrons. The van der Waals surface area contributed by atoms with Crippen LogP contribution in [0, 0.1) is 0 Å². The lowest BCUT2D eigenvalue weighted by atomic mass is 9.75. The average Bonchev–Trinajstić information content (AvgIpc) is 2.77. The third-order valence-electron chi connectivity index (χ3n) is 5.79. The van der Waals surface area contributed by atoms with E-state index in [9.17, 15) is 4.79 Å². The fraction of sp³-hybridized carbons (Fsp3) is 0.391. The molecule has 1 aliphatic heterocycles. The topological polar surface area (TPSA) is 66.4 Å². The maximum absolute atomic E-state index is 11.9. The number of carbonyl (C=O) groups excluding carboxylic acids is 1. The SMILES string of the molecule is COOC(=O)c1ccc(C2=N[C@H]3CCCC[C@H]3c3cc(OC)c(OC)cc32)cc1. The molecule has 0 aromatic heterocycles. The maximum Gasteiger partial charge on any atom is 0.373 e. The van der Waals surface area contributed by atoms with Crippen molar-refractivity contribution >= 4 is 11.7 Å². The monoisotopic (exact) mass is 395 g/mol. The lowest BCUT2D eigenvalue weighted by Crippen LogP contribution is -2.29. The largest absolute Gasteiger partial charge is 0.493 e. The Morgan fingerprint density at radius 3 is 2.34 bits per heavy atom. The van der Waals surface area contributed by atoms with E-state index < -0.39 is 5.97 Å². The first-order chi connectivity index (χ1) is 14.2. The van der Waals surface area contributed by atoms with E-state index in [1.165, 1.54) is 25.5 Å². The van der Waals surface area contributed by atoms with Gasteiger partial charge in [0, 0.05) is 17.0 Å². The number of ether oxygens (including phenoxy) is 2. The van der Waals surface area contributed by atoms with Crippen molar-refractivity contribution in [1.82, 2.24) is 0 Å². The predicted molar refractivity (Wildman–Crippen MR) is 109 cm³/mol. The fourth-order valence-corrected chi connectivity index (χ4v) is 4.39. The van der Waals surface area contributed by atoms with Gasteiger partial charge in [-0.25, -0.2) is 4.79 Å². The third kappa shape index (κ3) is 3.60. The quantitative estimate of drug-likeness (QED) is 0.558. The number of carbonyl (C=O) groups is 1. The summed E-state index contributed by atoms with van der Waals surface area (Å²) >= 11 is 0. The van der Waals surface area contributed by atoms with Crippen LogP contribution in [-0.4, -0.2) is 39.1 Å². The summed E-state index contributed by atoms with van der Waals surface area (Å²) in [5.74, 6) is 1.31. The van der Waals surface area contributed by atoms with E-state index in [-0.39, 0.29) is 6.04 Å². The van der Waals surface area contributed by atoms with Crippen LogP contribution in [0.4, 0.5) is 0 Å². The summed E-state index contributed by atoms with van der Waals surface area (Å²) in [4.78, 5) is 26.1. The van der Waals surface area contributed by atoms with Crippen LogP contribution in [0.1, 0.15) is 58.6 Å². The summed E-state index contributed by atoms with van der Waals surface area (Å²) in [6, 6.07) is 11.6. The smallest absolute Gasteiger partial charge is 0.373 e. The Bertz CT molecular complexity index is 935. The molecule has 1 fully saturated rings. The fourth-order valence-electron chi connectivity index (χ4n) is 4.39. The van der Waals surface area contributed by atoms with Gasteiger partial charge in [-0.05, 0) is 42.7 Å². The first-order valence-corrected chi connectivity index (χ1v) is 9.85. The summed E-state index contributed by atoms with van der Waals surface area (Å²) < 4.78 is 11.1. The third-order valence-corrected chi connectivity index (χ3v) is 5.79. The highest BCUT2D eigenvalue weighted by Gasteiger charge is 2.34. The van der Waals surface area contributed by atoms with Crippen LogP contribution in [0.15, 0.2) is 41.4 Å². The Balaban J connectivity index is 1.79. The molecule has 152 valence electrons. The van der Waals surface area contributed by atoms with Crippen LogP contribution in [-0.2, 0) is 9.78 Å². The molecule has 2 aromatic rings. The Labute approximate surface area is 170 Å². The van der Waals surface area contributed by atoms with E-state index in [2.05, 4.69) is 15.8 Å². The molecule has 1 heterocycles. The van der Waals surface area contributed by atoms with Gasteiger partial charge in [0.25, 0.3) is 0 Å². The number of benzene rings is 2. The minimum atomic E-state index is -0.524. The molecule has 2 aromatic carbocycles. The minimum Gasteiger partial charge on any atom is -0.493 e. The van der Waals surface area contributed by atoms with Gasteiger partial charge >= 0.3 is 5.97 Å². The molecule has 2 aliphatic rings. The lowest BCUT2D eigenvalue weighted by molar-refractivity contribution is -0.216. The van der Waals surface area contributed by atoms with Gasteiger partial charge in [-0.2, -0.15) is 4.89 Å². The number of fused-ring (bicyclic) bond motifs is 3. The van der Waals surface area contributed by atoms with Gasteiger partial charge in [0.2, 0.25) is 0 Å². The van der Waals surface area contributed by atoms with E-state index in [1.807, 2.05) is 18.2 Å². The van der Waals surface area contributed by atoms with Gasteiger partial charge in [-0.3, -0.25) is 9.88 Å². The van der Waals surface area contributed by atoms with Crippen LogP contribution in [0.3, 0.4) is 0 Å². The number of nitrogens with zero attached hydrogens (tertiary/aromatic N) is 1. The van der Waals surface area contributed by atoms with Crippen molar-refractivity contribution in [3.05, 3.63) is 58.7 Å². The molecule has 0 bridgehead atoms. The molecule has 6 heteroatoms. The molecule has 0 unspecified atom stereocenters. The van der Waals surface area contributed by atoms with Gasteiger partial charge in [0.1, 0.15) is 0 Å². The second kappa shape index (κ2) is 8.25.